The van der Waals surface area contributed by atoms with Crippen molar-refractivity contribution in [2.24, 2.45) is 0 Å². The molecule has 0 aliphatic carbocycles. The Hall–Kier alpha value is -1.46. The van der Waals surface area contributed by atoms with Crippen LogP contribution in [0.5, 0.6) is 0 Å². The molecule has 0 aliphatic heterocycles. The summed E-state index contributed by atoms with van der Waals surface area (Å²) < 4.78 is 14.9. The molecule has 2 aromatic rings. The second-order valence-electron chi connectivity index (χ2n) is 4.20. The van der Waals surface area contributed by atoms with Gasteiger partial charge >= 0.3 is 0 Å². The smallest absolute Gasteiger partial charge is 0.169 e. The Morgan fingerprint density at radius 1 is 1.16 bits per heavy atom. The number of hydrogen-bond donors (Lipinski definition) is 3. The lowest BCUT2D eigenvalue weighted by Gasteiger charge is -2.13. The van der Waals surface area contributed by atoms with Crippen LogP contribution in [0.2, 0.25) is 5.02 Å². The monoisotopic (exact) mass is 343 g/mol. The molecule has 0 unspecified atom stereocenters. The minimum Gasteiger partial charge on any atom is -0.397 e. The average Bonchev–Trinajstić information content (AvgIpc) is 2.31. The largest absolute Gasteiger partial charge is 0.397 e. The van der Waals surface area contributed by atoms with Crippen molar-refractivity contribution < 1.29 is 4.39 Å². The van der Waals surface area contributed by atoms with Crippen LogP contribution >= 0.6 is 27.5 Å². The van der Waals surface area contributed by atoms with Crippen LogP contribution in [0.25, 0.3) is 0 Å². The van der Waals surface area contributed by atoms with Gasteiger partial charge in [0.1, 0.15) is 5.02 Å². The molecular formula is C13H12BrClFN3. The second-order valence-corrected chi connectivity index (χ2v) is 5.49. The first-order valence-electron chi connectivity index (χ1n) is 5.45. The second kappa shape index (κ2) is 5.27. The van der Waals surface area contributed by atoms with Crippen molar-refractivity contribution >= 4 is 50.3 Å². The van der Waals surface area contributed by atoms with E-state index in [9.17, 15) is 4.39 Å². The summed E-state index contributed by atoms with van der Waals surface area (Å²) in [7, 11) is 0. The number of aryl methyl sites for hydroxylation is 1. The van der Waals surface area contributed by atoms with E-state index in [1.165, 1.54) is 6.07 Å². The standard InChI is InChI=1S/C13H12BrClFN3/c1-6-2-7(14)4-8(3-6)19-13-10(18)5-9(17)11(15)12(13)16/h2-5,19H,17-18H2,1H3. The number of rotatable bonds is 2. The maximum atomic E-state index is 14.0. The van der Waals surface area contributed by atoms with E-state index in [0.717, 1.165) is 10.0 Å². The fourth-order valence-corrected chi connectivity index (χ4v) is 2.50. The number of benzene rings is 2. The van der Waals surface area contributed by atoms with Gasteiger partial charge in [0, 0.05) is 10.2 Å². The number of nitrogens with two attached hydrogens (primary N) is 2. The predicted octanol–water partition coefficient (Wildman–Crippen LogP) is 4.46. The molecule has 0 fully saturated rings. The molecule has 0 aromatic heterocycles. The lowest BCUT2D eigenvalue weighted by Crippen LogP contribution is -2.02. The van der Waals surface area contributed by atoms with Crippen LogP contribution in [-0.4, -0.2) is 0 Å². The predicted molar refractivity (Wildman–Crippen MR) is 82.4 cm³/mol. The minimum atomic E-state index is -0.656. The normalized spacial score (nSPS) is 10.5. The zero-order valence-corrected chi connectivity index (χ0v) is 12.4. The Balaban J connectivity index is 2.46. The van der Waals surface area contributed by atoms with Crippen molar-refractivity contribution in [1.82, 2.24) is 0 Å². The molecule has 0 saturated heterocycles. The van der Waals surface area contributed by atoms with E-state index in [1.807, 2.05) is 25.1 Å². The van der Waals surface area contributed by atoms with E-state index in [1.54, 1.807) is 0 Å². The lowest BCUT2D eigenvalue weighted by molar-refractivity contribution is 0.633. The molecule has 0 amide bonds. The first kappa shape index (κ1) is 14.0. The molecule has 2 aromatic carbocycles. The lowest BCUT2D eigenvalue weighted by atomic mass is 10.2. The Morgan fingerprint density at radius 2 is 1.84 bits per heavy atom. The van der Waals surface area contributed by atoms with Crippen molar-refractivity contribution in [3.63, 3.8) is 0 Å². The zero-order chi connectivity index (χ0) is 14.2. The first-order valence-corrected chi connectivity index (χ1v) is 6.62. The van der Waals surface area contributed by atoms with Crippen LogP contribution in [0, 0.1) is 12.7 Å². The molecule has 2 rings (SSSR count). The van der Waals surface area contributed by atoms with Crippen LogP contribution in [-0.2, 0) is 0 Å². The molecule has 6 heteroatoms. The quantitative estimate of drug-likeness (QED) is 0.705. The summed E-state index contributed by atoms with van der Waals surface area (Å²) in [4.78, 5) is 0. The van der Waals surface area contributed by atoms with Gasteiger partial charge in [0.2, 0.25) is 0 Å². The fraction of sp³-hybridized carbons (Fsp3) is 0.0769. The van der Waals surface area contributed by atoms with Gasteiger partial charge < -0.3 is 16.8 Å². The van der Waals surface area contributed by atoms with E-state index in [-0.39, 0.29) is 22.1 Å². The molecule has 0 heterocycles. The van der Waals surface area contributed by atoms with E-state index < -0.39 is 5.82 Å². The van der Waals surface area contributed by atoms with Crippen LogP contribution in [0.15, 0.2) is 28.7 Å². The van der Waals surface area contributed by atoms with Crippen LogP contribution < -0.4 is 16.8 Å². The van der Waals surface area contributed by atoms with Gasteiger partial charge in [-0.05, 0) is 36.8 Å². The topological polar surface area (TPSA) is 64.1 Å². The minimum absolute atomic E-state index is 0.118. The van der Waals surface area contributed by atoms with Gasteiger partial charge in [-0.1, -0.05) is 27.5 Å². The summed E-state index contributed by atoms with van der Waals surface area (Å²) in [5.74, 6) is -0.656. The van der Waals surface area contributed by atoms with Crippen molar-refractivity contribution in [2.75, 3.05) is 16.8 Å². The number of nitrogen functional groups attached to an aromatic ring is 2. The van der Waals surface area contributed by atoms with E-state index >= 15 is 0 Å². The fourth-order valence-electron chi connectivity index (χ4n) is 1.75. The van der Waals surface area contributed by atoms with Crippen LogP contribution in [0.1, 0.15) is 5.56 Å². The Bertz CT molecular complexity index is 626. The molecule has 3 nitrogen and oxygen atoms in total. The van der Waals surface area contributed by atoms with Gasteiger partial charge in [-0.25, -0.2) is 4.39 Å². The summed E-state index contributed by atoms with van der Waals surface area (Å²) in [6, 6.07) is 7.06. The van der Waals surface area contributed by atoms with Gasteiger partial charge in [0.05, 0.1) is 17.1 Å². The molecule has 5 N–H and O–H groups in total. The number of nitrogens with one attached hydrogen (secondary N) is 1. The Morgan fingerprint density at radius 3 is 2.47 bits per heavy atom. The third-order valence-electron chi connectivity index (χ3n) is 2.58. The van der Waals surface area contributed by atoms with Crippen molar-refractivity contribution in [3.05, 3.63) is 45.1 Å². The van der Waals surface area contributed by atoms with Crippen molar-refractivity contribution in [2.45, 2.75) is 6.92 Å². The SMILES string of the molecule is Cc1cc(Br)cc(Nc2c(N)cc(N)c(Cl)c2F)c1. The summed E-state index contributed by atoms with van der Waals surface area (Å²) >= 11 is 9.16. The summed E-state index contributed by atoms with van der Waals surface area (Å²) in [5.41, 5.74) is 13.5. The van der Waals surface area contributed by atoms with E-state index in [0.29, 0.717) is 5.69 Å². The molecule has 0 radical (unpaired) electrons. The molecular weight excluding hydrogens is 333 g/mol. The number of halogens is 3. The van der Waals surface area contributed by atoms with Gasteiger partial charge in [-0.15, -0.1) is 0 Å². The number of hydrogen-bond acceptors (Lipinski definition) is 3. The molecule has 0 spiro atoms. The summed E-state index contributed by atoms with van der Waals surface area (Å²) in [5, 5.41) is 2.78. The average molecular weight is 345 g/mol. The highest BCUT2D eigenvalue weighted by Gasteiger charge is 2.14. The summed E-state index contributed by atoms with van der Waals surface area (Å²) in [6.45, 7) is 1.94. The highest BCUT2D eigenvalue weighted by Crippen LogP contribution is 2.35. The van der Waals surface area contributed by atoms with Crippen molar-refractivity contribution in [1.29, 1.82) is 0 Å². The highest BCUT2D eigenvalue weighted by molar-refractivity contribution is 9.10. The molecule has 19 heavy (non-hydrogen) atoms. The van der Waals surface area contributed by atoms with Crippen LogP contribution in [0.4, 0.5) is 27.1 Å². The zero-order valence-electron chi connectivity index (χ0n) is 10.1. The Kier molecular flexibility index (Phi) is 3.87. The molecule has 100 valence electrons. The first-order chi connectivity index (χ1) is 8.88. The van der Waals surface area contributed by atoms with Crippen molar-refractivity contribution in [3.8, 4) is 0 Å². The third kappa shape index (κ3) is 2.93. The summed E-state index contributed by atoms with van der Waals surface area (Å²) in [6.07, 6.45) is 0. The maximum Gasteiger partial charge on any atom is 0.169 e. The van der Waals surface area contributed by atoms with Gasteiger partial charge in [0.15, 0.2) is 5.82 Å². The number of anilines is 4. The highest BCUT2D eigenvalue weighted by atomic mass is 79.9. The molecule has 0 saturated carbocycles. The van der Waals surface area contributed by atoms with Crippen LogP contribution in [0.3, 0.4) is 0 Å². The van der Waals surface area contributed by atoms with Gasteiger partial charge in [0.25, 0.3) is 0 Å². The molecule has 0 aliphatic rings. The van der Waals surface area contributed by atoms with E-state index in [4.69, 9.17) is 23.1 Å². The van der Waals surface area contributed by atoms with E-state index in [2.05, 4.69) is 21.2 Å². The third-order valence-corrected chi connectivity index (χ3v) is 3.42. The molecule has 0 bridgehead atoms. The van der Waals surface area contributed by atoms with Gasteiger partial charge in [-0.3, -0.25) is 0 Å². The van der Waals surface area contributed by atoms with Gasteiger partial charge in [-0.2, -0.15) is 0 Å². The maximum absolute atomic E-state index is 14.0. The Labute approximate surface area is 123 Å². The molecule has 0 atom stereocenters.